The molecule has 0 fully saturated rings. The lowest BCUT2D eigenvalue weighted by atomic mass is 10.2. The summed E-state index contributed by atoms with van der Waals surface area (Å²) in [6.45, 7) is 1.69. The van der Waals surface area contributed by atoms with Crippen molar-refractivity contribution in [1.82, 2.24) is 19.7 Å². The largest absolute Gasteiger partial charge is 0.479 e. The van der Waals surface area contributed by atoms with Gasteiger partial charge in [0.25, 0.3) is 5.91 Å². The molecular formula is C16H15N5O2. The van der Waals surface area contributed by atoms with E-state index < -0.39 is 6.10 Å². The van der Waals surface area contributed by atoms with Crippen LogP contribution in [0.2, 0.25) is 0 Å². The highest BCUT2D eigenvalue weighted by molar-refractivity contribution is 5.94. The minimum absolute atomic E-state index is 0.234. The second kappa shape index (κ2) is 6.69. The third-order valence-electron chi connectivity index (χ3n) is 3.13. The summed E-state index contributed by atoms with van der Waals surface area (Å²) in [7, 11) is 0. The van der Waals surface area contributed by atoms with Crippen LogP contribution in [0.1, 0.15) is 6.92 Å². The molecule has 7 heteroatoms. The van der Waals surface area contributed by atoms with Gasteiger partial charge in [0.1, 0.15) is 18.4 Å². The number of anilines is 1. The first-order chi connectivity index (χ1) is 11.2. The number of benzene rings is 1. The first kappa shape index (κ1) is 14.7. The van der Waals surface area contributed by atoms with Crippen molar-refractivity contribution in [3.8, 4) is 11.4 Å². The molecule has 0 aliphatic rings. The van der Waals surface area contributed by atoms with Crippen LogP contribution in [-0.2, 0) is 4.79 Å². The molecule has 1 aromatic carbocycles. The Bertz CT molecular complexity index is 757. The summed E-state index contributed by atoms with van der Waals surface area (Å²) in [5, 5.41) is 6.85. The molecule has 116 valence electrons. The van der Waals surface area contributed by atoms with Gasteiger partial charge in [-0.05, 0) is 43.3 Å². The number of carbonyl (C=O) groups excluding carboxylic acids is 1. The summed E-state index contributed by atoms with van der Waals surface area (Å²) in [6, 6.07) is 10.8. The van der Waals surface area contributed by atoms with Crippen LogP contribution < -0.4 is 10.1 Å². The van der Waals surface area contributed by atoms with E-state index in [0.29, 0.717) is 11.4 Å². The molecule has 0 saturated carbocycles. The molecular weight excluding hydrogens is 294 g/mol. The number of rotatable bonds is 5. The number of aromatic nitrogens is 4. The van der Waals surface area contributed by atoms with E-state index in [0.717, 1.165) is 5.69 Å². The summed E-state index contributed by atoms with van der Waals surface area (Å²) < 4.78 is 7.17. The molecule has 0 bridgehead atoms. The Morgan fingerprint density at radius 2 is 2.04 bits per heavy atom. The van der Waals surface area contributed by atoms with Crippen LogP contribution in [0.4, 0.5) is 5.69 Å². The molecule has 1 amide bonds. The molecule has 2 aromatic heterocycles. The van der Waals surface area contributed by atoms with Gasteiger partial charge in [0.15, 0.2) is 6.10 Å². The Morgan fingerprint density at radius 3 is 2.70 bits per heavy atom. The lowest BCUT2D eigenvalue weighted by molar-refractivity contribution is -0.122. The van der Waals surface area contributed by atoms with Crippen molar-refractivity contribution in [2.24, 2.45) is 0 Å². The minimum Gasteiger partial charge on any atom is -0.479 e. The van der Waals surface area contributed by atoms with E-state index in [4.69, 9.17) is 4.74 Å². The smallest absolute Gasteiger partial charge is 0.265 e. The minimum atomic E-state index is -0.630. The monoisotopic (exact) mass is 309 g/mol. The lowest BCUT2D eigenvalue weighted by Gasteiger charge is -2.14. The molecule has 3 rings (SSSR count). The van der Waals surface area contributed by atoms with Crippen molar-refractivity contribution in [2.45, 2.75) is 13.0 Å². The molecule has 23 heavy (non-hydrogen) atoms. The van der Waals surface area contributed by atoms with Crippen LogP contribution in [0.3, 0.4) is 0 Å². The van der Waals surface area contributed by atoms with Gasteiger partial charge in [-0.3, -0.25) is 9.78 Å². The van der Waals surface area contributed by atoms with Crippen molar-refractivity contribution >= 4 is 11.6 Å². The van der Waals surface area contributed by atoms with E-state index in [2.05, 4.69) is 20.4 Å². The summed E-state index contributed by atoms with van der Waals surface area (Å²) in [6.07, 6.45) is 5.66. The van der Waals surface area contributed by atoms with E-state index >= 15 is 0 Å². The number of nitrogens with zero attached hydrogens (tertiary/aromatic N) is 4. The average Bonchev–Trinajstić information content (AvgIpc) is 3.11. The zero-order valence-corrected chi connectivity index (χ0v) is 12.5. The van der Waals surface area contributed by atoms with Crippen molar-refractivity contribution in [3.05, 3.63) is 61.4 Å². The van der Waals surface area contributed by atoms with Crippen LogP contribution in [-0.4, -0.2) is 31.8 Å². The van der Waals surface area contributed by atoms with E-state index in [1.54, 1.807) is 54.6 Å². The maximum absolute atomic E-state index is 12.1. The maximum atomic E-state index is 12.1. The van der Waals surface area contributed by atoms with Crippen molar-refractivity contribution in [3.63, 3.8) is 0 Å². The number of ether oxygens (including phenoxy) is 1. The second-order valence-electron chi connectivity index (χ2n) is 4.82. The van der Waals surface area contributed by atoms with Gasteiger partial charge in [-0.1, -0.05) is 0 Å². The van der Waals surface area contributed by atoms with Crippen molar-refractivity contribution in [1.29, 1.82) is 0 Å². The molecule has 0 radical (unpaired) electrons. The number of hydrogen-bond donors (Lipinski definition) is 1. The molecule has 0 unspecified atom stereocenters. The number of pyridine rings is 1. The van der Waals surface area contributed by atoms with Gasteiger partial charge in [-0.15, -0.1) is 0 Å². The third kappa shape index (κ3) is 3.70. The van der Waals surface area contributed by atoms with Crippen molar-refractivity contribution < 1.29 is 9.53 Å². The van der Waals surface area contributed by atoms with E-state index in [1.165, 1.54) is 6.33 Å². The number of carbonyl (C=O) groups is 1. The van der Waals surface area contributed by atoms with Crippen LogP contribution >= 0.6 is 0 Å². The molecule has 2 heterocycles. The zero-order chi connectivity index (χ0) is 16.1. The first-order valence-electron chi connectivity index (χ1n) is 7.05. The van der Waals surface area contributed by atoms with Crippen molar-refractivity contribution in [2.75, 3.05) is 5.32 Å². The van der Waals surface area contributed by atoms with Gasteiger partial charge in [0.05, 0.1) is 11.9 Å². The first-order valence-corrected chi connectivity index (χ1v) is 7.05. The number of hydrogen-bond acceptors (Lipinski definition) is 5. The fourth-order valence-corrected chi connectivity index (χ4v) is 1.96. The Labute approximate surface area is 133 Å². The standard InChI is InChI=1S/C16H15N5O2/c1-12(23-15-3-2-8-17-9-15)16(22)20-13-4-6-14(7-5-13)21-11-18-10-19-21/h2-12H,1H3,(H,20,22)/t12-/m1/s1. The predicted octanol–water partition coefficient (Wildman–Crippen LogP) is 2.07. The predicted molar refractivity (Wildman–Crippen MR) is 84.3 cm³/mol. The number of amides is 1. The van der Waals surface area contributed by atoms with Gasteiger partial charge in [-0.25, -0.2) is 9.67 Å². The Kier molecular flexibility index (Phi) is 4.28. The Hall–Kier alpha value is -3.22. The van der Waals surface area contributed by atoms with E-state index in [9.17, 15) is 4.79 Å². The highest BCUT2D eigenvalue weighted by Crippen LogP contribution is 2.14. The summed E-state index contributed by atoms with van der Waals surface area (Å²) >= 11 is 0. The van der Waals surface area contributed by atoms with E-state index in [-0.39, 0.29) is 5.91 Å². The SMILES string of the molecule is C[C@@H](Oc1cccnc1)C(=O)Nc1ccc(-n2cncn2)cc1. The van der Waals surface area contributed by atoms with Gasteiger partial charge in [0, 0.05) is 11.9 Å². The maximum Gasteiger partial charge on any atom is 0.265 e. The molecule has 0 aliphatic carbocycles. The lowest BCUT2D eigenvalue weighted by Crippen LogP contribution is -2.30. The molecule has 1 N–H and O–H groups in total. The van der Waals surface area contributed by atoms with Crippen LogP contribution in [0.15, 0.2) is 61.4 Å². The molecule has 0 saturated heterocycles. The topological polar surface area (TPSA) is 81.9 Å². The second-order valence-corrected chi connectivity index (χ2v) is 4.82. The molecule has 1 atom stereocenters. The fraction of sp³-hybridized carbons (Fsp3) is 0.125. The summed E-state index contributed by atoms with van der Waals surface area (Å²) in [5.74, 6) is 0.319. The summed E-state index contributed by atoms with van der Waals surface area (Å²) in [4.78, 5) is 20.0. The van der Waals surface area contributed by atoms with Gasteiger partial charge in [-0.2, -0.15) is 5.10 Å². The van der Waals surface area contributed by atoms with Crippen LogP contribution in [0, 0.1) is 0 Å². The average molecular weight is 309 g/mol. The van der Waals surface area contributed by atoms with Crippen LogP contribution in [0.5, 0.6) is 5.75 Å². The fourth-order valence-electron chi connectivity index (χ4n) is 1.96. The highest BCUT2D eigenvalue weighted by Gasteiger charge is 2.14. The normalized spacial score (nSPS) is 11.7. The van der Waals surface area contributed by atoms with Gasteiger partial charge < -0.3 is 10.1 Å². The highest BCUT2D eigenvalue weighted by atomic mass is 16.5. The van der Waals surface area contributed by atoms with Gasteiger partial charge >= 0.3 is 0 Å². The zero-order valence-electron chi connectivity index (χ0n) is 12.5. The molecule has 0 aliphatic heterocycles. The Morgan fingerprint density at radius 1 is 1.22 bits per heavy atom. The molecule has 7 nitrogen and oxygen atoms in total. The van der Waals surface area contributed by atoms with Crippen LogP contribution in [0.25, 0.3) is 5.69 Å². The number of nitrogens with one attached hydrogen (secondary N) is 1. The summed E-state index contributed by atoms with van der Waals surface area (Å²) in [5.41, 5.74) is 1.54. The third-order valence-corrected chi connectivity index (χ3v) is 3.13. The molecule has 0 spiro atoms. The quantitative estimate of drug-likeness (QED) is 0.780. The van der Waals surface area contributed by atoms with Gasteiger partial charge in [0.2, 0.25) is 0 Å². The molecule has 3 aromatic rings. The Balaban J connectivity index is 1.61. The van der Waals surface area contributed by atoms with E-state index in [1.807, 2.05) is 12.1 Å².